The molecule has 0 fully saturated rings. The Hall–Kier alpha value is -1.36. The van der Waals surface area contributed by atoms with Gasteiger partial charge in [-0.15, -0.1) is 0 Å². The highest BCUT2D eigenvalue weighted by molar-refractivity contribution is 5.78. The summed E-state index contributed by atoms with van der Waals surface area (Å²) in [5.41, 5.74) is 7.05. The summed E-state index contributed by atoms with van der Waals surface area (Å²) >= 11 is 0. The van der Waals surface area contributed by atoms with Crippen LogP contribution < -0.4 is 11.1 Å². The summed E-state index contributed by atoms with van der Waals surface area (Å²) in [4.78, 5) is 19.0. The summed E-state index contributed by atoms with van der Waals surface area (Å²) in [5, 5.41) is 2.88. The summed E-state index contributed by atoms with van der Waals surface area (Å²) in [5.74, 6) is 0.629. The van der Waals surface area contributed by atoms with Gasteiger partial charge >= 0.3 is 0 Å². The molecule has 16 heavy (non-hydrogen) atoms. The van der Waals surface area contributed by atoms with E-state index < -0.39 is 0 Å². The minimum absolute atomic E-state index is 0.0372. The maximum Gasteiger partial charge on any atom is 0.227 e. The molecule has 0 saturated heterocycles. The number of nitrogens with two attached hydrogens (primary N) is 1. The van der Waals surface area contributed by atoms with Crippen molar-refractivity contribution in [1.29, 1.82) is 0 Å². The second-order valence-electron chi connectivity index (χ2n) is 4.93. The van der Waals surface area contributed by atoms with E-state index in [0.717, 1.165) is 11.4 Å². The van der Waals surface area contributed by atoms with Gasteiger partial charge in [0, 0.05) is 17.8 Å². The molecule has 1 heterocycles. The summed E-state index contributed by atoms with van der Waals surface area (Å²) in [7, 11) is 0. The van der Waals surface area contributed by atoms with E-state index in [1.807, 2.05) is 27.7 Å². The van der Waals surface area contributed by atoms with E-state index in [1.165, 1.54) is 0 Å². The number of H-pyrrole nitrogens is 1. The van der Waals surface area contributed by atoms with Gasteiger partial charge in [-0.3, -0.25) is 4.79 Å². The van der Waals surface area contributed by atoms with Gasteiger partial charge in [-0.1, -0.05) is 0 Å². The average molecular weight is 224 g/mol. The number of aromatic nitrogens is 2. The molecule has 0 bridgehead atoms. The number of carbonyl (C=O) groups is 1. The zero-order valence-electron chi connectivity index (χ0n) is 10.3. The van der Waals surface area contributed by atoms with Crippen LogP contribution in [0, 0.1) is 6.92 Å². The van der Waals surface area contributed by atoms with E-state index >= 15 is 0 Å². The number of carbonyl (C=O) groups excluding carboxylic acids is 1. The van der Waals surface area contributed by atoms with Crippen LogP contribution in [0.15, 0.2) is 0 Å². The fraction of sp³-hybridized carbons (Fsp3) is 0.636. The Balaban J connectivity index is 2.63. The Morgan fingerprint density at radius 2 is 2.12 bits per heavy atom. The van der Waals surface area contributed by atoms with Crippen LogP contribution in [0.1, 0.15) is 38.0 Å². The number of aromatic amines is 1. The second kappa shape index (κ2) is 4.65. The van der Waals surface area contributed by atoms with Gasteiger partial charge in [0.1, 0.15) is 5.82 Å². The highest BCUT2D eigenvalue weighted by atomic mass is 16.1. The van der Waals surface area contributed by atoms with Gasteiger partial charge in [-0.05, 0) is 27.7 Å². The first kappa shape index (κ1) is 12.7. The normalized spacial score (nSPS) is 11.6. The predicted octanol–water partition coefficient (Wildman–Crippen LogP) is 0.634. The Bertz CT molecular complexity index is 376. The van der Waals surface area contributed by atoms with Crippen molar-refractivity contribution >= 4 is 5.91 Å². The van der Waals surface area contributed by atoms with Crippen LogP contribution in [0.3, 0.4) is 0 Å². The number of aryl methyl sites for hydroxylation is 1. The van der Waals surface area contributed by atoms with Gasteiger partial charge in [0.2, 0.25) is 5.91 Å². The molecule has 0 aliphatic carbocycles. The summed E-state index contributed by atoms with van der Waals surface area (Å²) in [6.45, 7) is 8.14. The number of nitrogens with one attached hydrogen (secondary N) is 2. The maximum absolute atomic E-state index is 11.6. The van der Waals surface area contributed by atoms with Crippen molar-refractivity contribution in [2.24, 2.45) is 5.73 Å². The Labute approximate surface area is 95.8 Å². The van der Waals surface area contributed by atoms with Crippen molar-refractivity contribution in [3.8, 4) is 0 Å². The van der Waals surface area contributed by atoms with Gasteiger partial charge < -0.3 is 16.0 Å². The third kappa shape index (κ3) is 3.66. The predicted molar refractivity (Wildman–Crippen MR) is 62.8 cm³/mol. The van der Waals surface area contributed by atoms with E-state index in [0.29, 0.717) is 12.4 Å². The Morgan fingerprint density at radius 1 is 1.50 bits per heavy atom. The third-order valence-electron chi connectivity index (χ3n) is 2.07. The molecule has 1 amide bonds. The van der Waals surface area contributed by atoms with Crippen molar-refractivity contribution in [2.75, 3.05) is 0 Å². The Kier molecular flexibility index (Phi) is 3.70. The molecule has 0 aliphatic heterocycles. The van der Waals surface area contributed by atoms with Crippen LogP contribution in [0.4, 0.5) is 0 Å². The lowest BCUT2D eigenvalue weighted by Gasteiger charge is -2.19. The van der Waals surface area contributed by atoms with Crippen molar-refractivity contribution in [1.82, 2.24) is 15.3 Å². The molecule has 5 nitrogen and oxygen atoms in total. The maximum atomic E-state index is 11.6. The fourth-order valence-corrected chi connectivity index (χ4v) is 1.46. The highest BCUT2D eigenvalue weighted by Crippen LogP contribution is 2.05. The van der Waals surface area contributed by atoms with Crippen LogP contribution in [0.5, 0.6) is 0 Å². The van der Waals surface area contributed by atoms with Crippen LogP contribution in [-0.4, -0.2) is 21.4 Å². The first-order valence-corrected chi connectivity index (χ1v) is 5.37. The van der Waals surface area contributed by atoms with Crippen LogP contribution in [0.2, 0.25) is 0 Å². The molecule has 0 aromatic carbocycles. The van der Waals surface area contributed by atoms with Crippen molar-refractivity contribution in [3.05, 3.63) is 17.2 Å². The van der Waals surface area contributed by atoms with Gasteiger partial charge in [0.05, 0.1) is 12.1 Å². The molecule has 0 spiro atoms. The lowest BCUT2D eigenvalue weighted by Crippen LogP contribution is -2.41. The molecule has 0 saturated carbocycles. The van der Waals surface area contributed by atoms with Gasteiger partial charge in [0.15, 0.2) is 0 Å². The molecule has 1 aromatic rings. The van der Waals surface area contributed by atoms with E-state index in [4.69, 9.17) is 5.73 Å². The Morgan fingerprint density at radius 3 is 2.56 bits per heavy atom. The van der Waals surface area contributed by atoms with Crippen molar-refractivity contribution in [2.45, 2.75) is 46.2 Å². The standard InChI is InChI=1S/C11H20N4O/c1-7-8(6-12)14-9(13-7)5-10(16)15-11(2,3)4/h5-6,12H2,1-4H3,(H,13,14)(H,15,16). The van der Waals surface area contributed by atoms with Gasteiger partial charge in [0.25, 0.3) is 0 Å². The molecular formula is C11H20N4O. The van der Waals surface area contributed by atoms with E-state index in [2.05, 4.69) is 15.3 Å². The van der Waals surface area contributed by atoms with Crippen molar-refractivity contribution in [3.63, 3.8) is 0 Å². The van der Waals surface area contributed by atoms with Gasteiger partial charge in [-0.2, -0.15) is 0 Å². The number of amides is 1. The molecule has 90 valence electrons. The van der Waals surface area contributed by atoms with Crippen molar-refractivity contribution < 1.29 is 4.79 Å². The number of hydrogen-bond donors (Lipinski definition) is 3. The zero-order valence-corrected chi connectivity index (χ0v) is 10.3. The number of nitrogens with zero attached hydrogens (tertiary/aromatic N) is 1. The monoisotopic (exact) mass is 224 g/mol. The van der Waals surface area contributed by atoms with E-state index in [1.54, 1.807) is 0 Å². The fourth-order valence-electron chi connectivity index (χ4n) is 1.46. The third-order valence-corrected chi connectivity index (χ3v) is 2.07. The molecule has 4 N–H and O–H groups in total. The molecule has 1 aromatic heterocycles. The summed E-state index contributed by atoms with van der Waals surface area (Å²) in [6, 6.07) is 0. The van der Waals surface area contributed by atoms with Crippen LogP contribution in [-0.2, 0) is 17.8 Å². The quantitative estimate of drug-likeness (QED) is 0.704. The zero-order chi connectivity index (χ0) is 12.3. The topological polar surface area (TPSA) is 83.8 Å². The number of imidazole rings is 1. The largest absolute Gasteiger partial charge is 0.351 e. The highest BCUT2D eigenvalue weighted by Gasteiger charge is 2.15. The molecule has 0 aliphatic rings. The lowest BCUT2D eigenvalue weighted by atomic mass is 10.1. The first-order valence-electron chi connectivity index (χ1n) is 5.37. The molecule has 1 rings (SSSR count). The van der Waals surface area contributed by atoms with Crippen LogP contribution in [0.25, 0.3) is 0 Å². The van der Waals surface area contributed by atoms with Gasteiger partial charge in [-0.25, -0.2) is 4.98 Å². The minimum Gasteiger partial charge on any atom is -0.351 e. The molecule has 0 unspecified atom stereocenters. The van der Waals surface area contributed by atoms with E-state index in [-0.39, 0.29) is 17.9 Å². The van der Waals surface area contributed by atoms with Crippen LogP contribution >= 0.6 is 0 Å². The number of rotatable bonds is 3. The molecular weight excluding hydrogens is 204 g/mol. The minimum atomic E-state index is -0.213. The molecule has 5 heteroatoms. The second-order valence-corrected chi connectivity index (χ2v) is 4.93. The lowest BCUT2D eigenvalue weighted by molar-refractivity contribution is -0.121. The summed E-state index contributed by atoms with van der Waals surface area (Å²) in [6.07, 6.45) is 0.262. The molecule has 0 radical (unpaired) electrons. The first-order chi connectivity index (χ1) is 7.31. The number of hydrogen-bond acceptors (Lipinski definition) is 3. The van der Waals surface area contributed by atoms with E-state index in [9.17, 15) is 4.79 Å². The summed E-state index contributed by atoms with van der Waals surface area (Å²) < 4.78 is 0. The SMILES string of the molecule is Cc1[nH]c(CC(=O)NC(C)(C)C)nc1CN. The molecule has 0 atom stereocenters. The average Bonchev–Trinajstić information content (AvgIpc) is 2.42. The smallest absolute Gasteiger partial charge is 0.227 e.